The number of methoxy groups -OCH3 is 1. The van der Waals surface area contributed by atoms with E-state index < -0.39 is 6.04 Å². The van der Waals surface area contributed by atoms with Gasteiger partial charge >= 0.3 is 0 Å². The van der Waals surface area contributed by atoms with Crippen molar-refractivity contribution in [1.29, 1.82) is 0 Å². The topological polar surface area (TPSA) is 113 Å². The molecule has 188 valence electrons. The van der Waals surface area contributed by atoms with Gasteiger partial charge in [-0.3, -0.25) is 9.59 Å². The number of nitrogens with zero attached hydrogens (tertiary/aromatic N) is 4. The summed E-state index contributed by atoms with van der Waals surface area (Å²) in [5.74, 6) is 0.154. The number of rotatable bonds is 7. The van der Waals surface area contributed by atoms with Crippen LogP contribution < -0.4 is 20.8 Å². The van der Waals surface area contributed by atoms with Gasteiger partial charge in [-0.15, -0.1) is 0 Å². The summed E-state index contributed by atoms with van der Waals surface area (Å²) < 4.78 is 7.09. The largest absolute Gasteiger partial charge is 0.496 e. The van der Waals surface area contributed by atoms with Gasteiger partial charge in [-0.25, -0.2) is 14.9 Å². The predicted octanol–water partition coefficient (Wildman–Crippen LogP) is 2.97. The van der Waals surface area contributed by atoms with Gasteiger partial charge in [0, 0.05) is 35.2 Å². The van der Waals surface area contributed by atoms with E-state index in [9.17, 15) is 9.59 Å². The molecule has 11 heteroatoms. The molecule has 5 rings (SSSR count). The molecule has 0 saturated heterocycles. The number of benzene rings is 1. The van der Waals surface area contributed by atoms with Crippen LogP contribution in [0.1, 0.15) is 54.1 Å². The van der Waals surface area contributed by atoms with Crippen molar-refractivity contribution in [2.75, 3.05) is 13.7 Å². The molecular formula is C25H28ClN7O3. The van der Waals surface area contributed by atoms with E-state index in [1.54, 1.807) is 55.0 Å². The zero-order valence-corrected chi connectivity index (χ0v) is 20.7. The van der Waals surface area contributed by atoms with E-state index in [1.165, 1.54) is 17.1 Å². The molecule has 1 atom stereocenters. The van der Waals surface area contributed by atoms with Gasteiger partial charge in [0.05, 0.1) is 25.0 Å². The highest BCUT2D eigenvalue weighted by atomic mass is 35.5. The van der Waals surface area contributed by atoms with Crippen LogP contribution in [-0.4, -0.2) is 51.1 Å². The van der Waals surface area contributed by atoms with E-state index in [2.05, 4.69) is 26.1 Å². The molecule has 0 bridgehead atoms. The highest BCUT2D eigenvalue weighted by molar-refractivity contribution is 6.30. The Hall–Kier alpha value is -3.63. The molecule has 3 aromatic rings. The molecule has 3 heterocycles. The fourth-order valence-corrected chi connectivity index (χ4v) is 4.92. The van der Waals surface area contributed by atoms with Crippen LogP contribution in [0.3, 0.4) is 0 Å². The van der Waals surface area contributed by atoms with Gasteiger partial charge in [0.2, 0.25) is 5.91 Å². The second-order valence-electron chi connectivity index (χ2n) is 8.96. The standard InChI is InChI=1S/C25H28ClN7O3/c1-36-21-9-8-16(26)12-18(21)23-20(30-25(35)19-13-28-33-11-5-10-27-24(19)33)14-32(31-23)15-22(34)29-17-6-3-2-4-7-17/h5,8-14,17,23,31H,2-4,6-7,15H2,1H3,(H,29,34)(H,30,35). The Morgan fingerprint density at radius 2 is 2.08 bits per heavy atom. The zero-order chi connectivity index (χ0) is 25.1. The smallest absolute Gasteiger partial charge is 0.261 e. The third kappa shape index (κ3) is 5.14. The first-order chi connectivity index (χ1) is 17.5. The summed E-state index contributed by atoms with van der Waals surface area (Å²) in [6.07, 6.45) is 12.0. The highest BCUT2D eigenvalue weighted by Crippen LogP contribution is 2.34. The number of carbonyl (C=O) groups is 2. The molecule has 3 N–H and O–H groups in total. The maximum absolute atomic E-state index is 13.2. The van der Waals surface area contributed by atoms with Gasteiger partial charge in [0.15, 0.2) is 5.65 Å². The van der Waals surface area contributed by atoms with Crippen molar-refractivity contribution < 1.29 is 14.3 Å². The van der Waals surface area contributed by atoms with Crippen LogP contribution in [0.15, 0.2) is 54.8 Å². The van der Waals surface area contributed by atoms with E-state index in [-0.39, 0.29) is 24.4 Å². The molecule has 2 aliphatic rings. The van der Waals surface area contributed by atoms with Crippen LogP contribution >= 0.6 is 11.6 Å². The summed E-state index contributed by atoms with van der Waals surface area (Å²) in [5.41, 5.74) is 5.36. The number of fused-ring (bicyclic) bond motifs is 1. The Kier molecular flexibility index (Phi) is 7.06. The summed E-state index contributed by atoms with van der Waals surface area (Å²) in [4.78, 5) is 30.3. The van der Waals surface area contributed by atoms with Crippen molar-refractivity contribution in [3.63, 3.8) is 0 Å². The Morgan fingerprint density at radius 1 is 1.25 bits per heavy atom. The van der Waals surface area contributed by atoms with Gasteiger partial charge in [-0.2, -0.15) is 5.10 Å². The molecule has 1 aliphatic heterocycles. The first-order valence-electron chi connectivity index (χ1n) is 12.0. The Balaban J connectivity index is 1.39. The highest BCUT2D eigenvalue weighted by Gasteiger charge is 2.31. The summed E-state index contributed by atoms with van der Waals surface area (Å²) in [5, 5.41) is 12.5. The van der Waals surface area contributed by atoms with Crippen LogP contribution in [0.2, 0.25) is 5.02 Å². The SMILES string of the molecule is COc1ccc(Cl)cc1C1NN(CC(=O)NC2CCCCC2)C=C1NC(=O)c1cnn2cccnc12. The van der Waals surface area contributed by atoms with Gasteiger partial charge in [-0.05, 0) is 37.1 Å². The molecule has 0 spiro atoms. The van der Waals surface area contributed by atoms with Crippen molar-refractivity contribution >= 4 is 29.1 Å². The van der Waals surface area contributed by atoms with E-state index in [0.717, 1.165) is 31.2 Å². The van der Waals surface area contributed by atoms with E-state index in [4.69, 9.17) is 16.3 Å². The Labute approximate surface area is 213 Å². The monoisotopic (exact) mass is 509 g/mol. The number of carbonyl (C=O) groups excluding carboxylic acids is 2. The van der Waals surface area contributed by atoms with Crippen LogP contribution in [0.5, 0.6) is 5.75 Å². The van der Waals surface area contributed by atoms with Crippen molar-refractivity contribution in [3.05, 3.63) is 70.9 Å². The number of hydrazine groups is 1. The molecule has 1 aromatic carbocycles. The summed E-state index contributed by atoms with van der Waals surface area (Å²) in [7, 11) is 1.57. The van der Waals surface area contributed by atoms with Crippen molar-refractivity contribution in [3.8, 4) is 5.75 Å². The summed E-state index contributed by atoms with van der Waals surface area (Å²) in [6, 6.07) is 6.74. The number of halogens is 1. The second kappa shape index (κ2) is 10.5. The lowest BCUT2D eigenvalue weighted by Crippen LogP contribution is -2.44. The van der Waals surface area contributed by atoms with Crippen LogP contribution in [0.25, 0.3) is 5.65 Å². The molecule has 1 unspecified atom stereocenters. The van der Waals surface area contributed by atoms with E-state index in [0.29, 0.717) is 27.7 Å². The summed E-state index contributed by atoms with van der Waals surface area (Å²) >= 11 is 6.29. The maximum atomic E-state index is 13.2. The minimum absolute atomic E-state index is 0.0816. The van der Waals surface area contributed by atoms with Crippen LogP contribution in [-0.2, 0) is 4.79 Å². The molecule has 2 amide bonds. The van der Waals surface area contributed by atoms with Crippen molar-refractivity contribution in [1.82, 2.24) is 35.7 Å². The van der Waals surface area contributed by atoms with Gasteiger partial charge in [0.1, 0.15) is 17.9 Å². The average molecular weight is 510 g/mol. The molecule has 2 aromatic heterocycles. The van der Waals surface area contributed by atoms with Crippen LogP contribution in [0, 0.1) is 0 Å². The quantitative estimate of drug-likeness (QED) is 0.449. The Morgan fingerprint density at radius 3 is 2.89 bits per heavy atom. The number of amides is 2. The lowest BCUT2D eigenvalue weighted by Gasteiger charge is -2.25. The molecule has 1 aliphatic carbocycles. The lowest BCUT2D eigenvalue weighted by molar-refractivity contribution is -0.123. The van der Waals surface area contributed by atoms with Crippen molar-refractivity contribution in [2.24, 2.45) is 0 Å². The molecule has 1 fully saturated rings. The first kappa shape index (κ1) is 24.1. The number of hydrogen-bond donors (Lipinski definition) is 3. The fraction of sp³-hybridized carbons (Fsp3) is 0.360. The minimum atomic E-state index is -0.500. The third-order valence-electron chi connectivity index (χ3n) is 6.47. The Bertz CT molecular complexity index is 1300. The fourth-order valence-electron chi connectivity index (χ4n) is 4.74. The summed E-state index contributed by atoms with van der Waals surface area (Å²) in [6.45, 7) is 0.0908. The normalized spacial score (nSPS) is 18.2. The number of ether oxygens (including phenoxy) is 1. The molecule has 36 heavy (non-hydrogen) atoms. The van der Waals surface area contributed by atoms with Crippen LogP contribution in [0.4, 0.5) is 0 Å². The number of nitrogens with one attached hydrogen (secondary N) is 3. The number of aromatic nitrogens is 3. The van der Waals surface area contributed by atoms with Crippen molar-refractivity contribution in [2.45, 2.75) is 44.2 Å². The van der Waals surface area contributed by atoms with Gasteiger partial charge < -0.3 is 20.4 Å². The predicted molar refractivity (Wildman–Crippen MR) is 134 cm³/mol. The molecule has 10 nitrogen and oxygen atoms in total. The average Bonchev–Trinajstić information content (AvgIpc) is 3.48. The number of hydrogen-bond acceptors (Lipinski definition) is 7. The first-order valence-corrected chi connectivity index (χ1v) is 12.4. The molecule has 0 radical (unpaired) electrons. The lowest BCUT2D eigenvalue weighted by atomic mass is 9.95. The minimum Gasteiger partial charge on any atom is -0.496 e. The van der Waals surface area contributed by atoms with Gasteiger partial charge in [-0.1, -0.05) is 30.9 Å². The van der Waals surface area contributed by atoms with Gasteiger partial charge in [0.25, 0.3) is 5.91 Å². The van der Waals surface area contributed by atoms with E-state index in [1.807, 2.05) is 0 Å². The third-order valence-corrected chi connectivity index (χ3v) is 6.70. The molecular weight excluding hydrogens is 482 g/mol. The second-order valence-corrected chi connectivity index (χ2v) is 9.40. The zero-order valence-electron chi connectivity index (χ0n) is 19.9. The molecule has 1 saturated carbocycles. The maximum Gasteiger partial charge on any atom is 0.261 e. The van der Waals surface area contributed by atoms with E-state index >= 15 is 0 Å².